The normalized spacial score (nSPS) is 42.1. The summed E-state index contributed by atoms with van der Waals surface area (Å²) in [5, 5.41) is 1.35. The molecule has 2 bridgehead atoms. The number of fused-ring (bicyclic) bond motifs is 5. The van der Waals surface area contributed by atoms with Crippen LogP contribution in [0.15, 0.2) is 18.2 Å². The third-order valence-electron chi connectivity index (χ3n) is 6.24. The van der Waals surface area contributed by atoms with Crippen molar-refractivity contribution < 1.29 is 0 Å². The molecule has 1 aromatic carbocycles. The first kappa shape index (κ1) is 13.4. The molecule has 1 nitrogen and oxygen atoms in total. The van der Waals surface area contributed by atoms with E-state index in [-0.39, 0.29) is 5.54 Å². The molecular formula is C17H21Cl2N. The molecule has 3 aliphatic rings. The SMILES string of the molecule is NC1(Cc2cccc(Cl)c2Cl)CC2CC1C1CCCC21. The fourth-order valence-electron chi connectivity index (χ4n) is 5.56. The topological polar surface area (TPSA) is 26.0 Å². The number of hydrogen-bond donors (Lipinski definition) is 1. The molecule has 0 saturated heterocycles. The minimum absolute atomic E-state index is 0.0511. The van der Waals surface area contributed by atoms with Gasteiger partial charge in [-0.25, -0.2) is 0 Å². The van der Waals surface area contributed by atoms with Gasteiger partial charge in [0.05, 0.1) is 10.0 Å². The number of rotatable bonds is 2. The summed E-state index contributed by atoms with van der Waals surface area (Å²) in [6.07, 6.45) is 7.67. The quantitative estimate of drug-likeness (QED) is 0.842. The summed E-state index contributed by atoms with van der Waals surface area (Å²) < 4.78 is 0. The van der Waals surface area contributed by atoms with Gasteiger partial charge in [-0.1, -0.05) is 41.8 Å². The third kappa shape index (κ3) is 1.86. The van der Waals surface area contributed by atoms with Crippen molar-refractivity contribution in [1.29, 1.82) is 0 Å². The molecule has 2 N–H and O–H groups in total. The van der Waals surface area contributed by atoms with Crippen molar-refractivity contribution in [1.82, 2.24) is 0 Å². The molecule has 3 aliphatic carbocycles. The first-order valence-corrected chi connectivity index (χ1v) is 8.56. The van der Waals surface area contributed by atoms with Crippen molar-refractivity contribution in [3.05, 3.63) is 33.8 Å². The summed E-state index contributed by atoms with van der Waals surface area (Å²) in [5.41, 5.74) is 7.93. The Labute approximate surface area is 130 Å². The molecule has 3 saturated carbocycles. The molecule has 3 heteroatoms. The summed E-state index contributed by atoms with van der Waals surface area (Å²) in [6, 6.07) is 5.92. The Kier molecular flexibility index (Phi) is 3.11. The Morgan fingerprint density at radius 3 is 2.85 bits per heavy atom. The zero-order valence-electron chi connectivity index (χ0n) is 11.6. The Bertz CT molecular complexity index is 544. The van der Waals surface area contributed by atoms with Gasteiger partial charge in [-0.15, -0.1) is 0 Å². The largest absolute Gasteiger partial charge is 0.325 e. The average molecular weight is 310 g/mol. The fraction of sp³-hybridized carbons (Fsp3) is 0.647. The molecule has 0 radical (unpaired) electrons. The zero-order chi connectivity index (χ0) is 13.9. The van der Waals surface area contributed by atoms with E-state index in [1.807, 2.05) is 12.1 Å². The van der Waals surface area contributed by atoms with Crippen molar-refractivity contribution in [3.8, 4) is 0 Å². The molecule has 3 fully saturated rings. The number of halogens is 2. The molecule has 4 rings (SSSR count). The van der Waals surface area contributed by atoms with E-state index >= 15 is 0 Å². The van der Waals surface area contributed by atoms with Gasteiger partial charge in [0.15, 0.2) is 0 Å². The minimum Gasteiger partial charge on any atom is -0.325 e. The predicted molar refractivity (Wildman–Crippen MR) is 84.1 cm³/mol. The lowest BCUT2D eigenvalue weighted by atomic mass is 9.69. The van der Waals surface area contributed by atoms with E-state index in [4.69, 9.17) is 28.9 Å². The van der Waals surface area contributed by atoms with Crippen LogP contribution in [0.3, 0.4) is 0 Å². The van der Waals surface area contributed by atoms with Crippen molar-refractivity contribution in [3.63, 3.8) is 0 Å². The molecule has 20 heavy (non-hydrogen) atoms. The van der Waals surface area contributed by atoms with Gasteiger partial charge in [0.2, 0.25) is 0 Å². The van der Waals surface area contributed by atoms with Crippen molar-refractivity contribution >= 4 is 23.2 Å². The van der Waals surface area contributed by atoms with Gasteiger partial charge in [0.25, 0.3) is 0 Å². The molecule has 0 amide bonds. The lowest BCUT2D eigenvalue weighted by Gasteiger charge is -2.40. The van der Waals surface area contributed by atoms with Gasteiger partial charge < -0.3 is 5.73 Å². The van der Waals surface area contributed by atoms with Crippen LogP contribution in [0, 0.1) is 23.7 Å². The second kappa shape index (κ2) is 4.63. The molecule has 0 heterocycles. The Hall–Kier alpha value is -0.240. The van der Waals surface area contributed by atoms with Crippen LogP contribution in [-0.4, -0.2) is 5.54 Å². The smallest absolute Gasteiger partial charge is 0.0624 e. The van der Waals surface area contributed by atoms with E-state index in [1.165, 1.54) is 32.1 Å². The second-order valence-corrected chi connectivity index (χ2v) is 7.97. The Morgan fingerprint density at radius 1 is 1.20 bits per heavy atom. The molecule has 1 aromatic rings. The van der Waals surface area contributed by atoms with E-state index in [1.54, 1.807) is 0 Å². The van der Waals surface area contributed by atoms with Gasteiger partial charge in [-0.3, -0.25) is 0 Å². The summed E-state index contributed by atoms with van der Waals surface area (Å²) in [4.78, 5) is 0. The Morgan fingerprint density at radius 2 is 2.00 bits per heavy atom. The summed E-state index contributed by atoms with van der Waals surface area (Å²) in [5.74, 6) is 3.44. The summed E-state index contributed by atoms with van der Waals surface area (Å²) >= 11 is 12.5. The van der Waals surface area contributed by atoms with Crippen molar-refractivity contribution in [2.45, 2.75) is 44.1 Å². The van der Waals surface area contributed by atoms with Crippen LogP contribution in [0.5, 0.6) is 0 Å². The van der Waals surface area contributed by atoms with Crippen LogP contribution in [-0.2, 0) is 6.42 Å². The van der Waals surface area contributed by atoms with E-state index in [0.717, 1.165) is 29.7 Å². The van der Waals surface area contributed by atoms with Crippen LogP contribution in [0.25, 0.3) is 0 Å². The van der Waals surface area contributed by atoms with Crippen molar-refractivity contribution in [2.24, 2.45) is 29.4 Å². The van der Waals surface area contributed by atoms with E-state index in [2.05, 4.69) is 6.07 Å². The van der Waals surface area contributed by atoms with Gasteiger partial charge in [0.1, 0.15) is 0 Å². The number of benzene rings is 1. The third-order valence-corrected chi connectivity index (χ3v) is 7.09. The van der Waals surface area contributed by atoms with Crippen LogP contribution in [0.4, 0.5) is 0 Å². The van der Waals surface area contributed by atoms with E-state index in [0.29, 0.717) is 16.0 Å². The highest BCUT2D eigenvalue weighted by Gasteiger charge is 2.59. The first-order chi connectivity index (χ1) is 9.58. The molecule has 108 valence electrons. The fourth-order valence-corrected chi connectivity index (χ4v) is 5.94. The maximum atomic E-state index is 6.85. The highest BCUT2D eigenvalue weighted by molar-refractivity contribution is 6.42. The first-order valence-electron chi connectivity index (χ1n) is 7.80. The van der Waals surface area contributed by atoms with E-state index < -0.39 is 0 Å². The molecule has 0 aliphatic heterocycles. The number of nitrogens with two attached hydrogens (primary N) is 1. The zero-order valence-corrected chi connectivity index (χ0v) is 13.1. The summed E-state index contributed by atoms with van der Waals surface area (Å²) in [6.45, 7) is 0. The molecule has 5 unspecified atom stereocenters. The van der Waals surface area contributed by atoms with Gasteiger partial charge in [-0.2, -0.15) is 0 Å². The number of hydrogen-bond acceptors (Lipinski definition) is 1. The highest BCUT2D eigenvalue weighted by Crippen LogP contribution is 2.62. The molecule has 0 aromatic heterocycles. The van der Waals surface area contributed by atoms with Crippen LogP contribution >= 0.6 is 23.2 Å². The second-order valence-electron chi connectivity index (χ2n) is 7.19. The molecular weight excluding hydrogens is 289 g/mol. The van der Waals surface area contributed by atoms with Crippen LogP contribution < -0.4 is 5.73 Å². The Balaban J connectivity index is 1.61. The minimum atomic E-state index is -0.0511. The van der Waals surface area contributed by atoms with Crippen LogP contribution in [0.2, 0.25) is 10.0 Å². The maximum absolute atomic E-state index is 6.85. The van der Waals surface area contributed by atoms with Gasteiger partial charge >= 0.3 is 0 Å². The lowest BCUT2D eigenvalue weighted by Crippen LogP contribution is -2.51. The molecule has 5 atom stereocenters. The van der Waals surface area contributed by atoms with Crippen LogP contribution in [0.1, 0.15) is 37.7 Å². The maximum Gasteiger partial charge on any atom is 0.0624 e. The summed E-state index contributed by atoms with van der Waals surface area (Å²) in [7, 11) is 0. The standard InChI is InChI=1S/C17H21Cl2N/c18-15-6-1-3-10(16(15)19)8-17(20)9-11-7-14(17)13-5-2-4-12(11)13/h1,3,6,11-14H,2,4-5,7-9,20H2. The average Bonchev–Trinajstić information content (AvgIpc) is 3.05. The monoisotopic (exact) mass is 309 g/mol. The molecule has 0 spiro atoms. The highest BCUT2D eigenvalue weighted by atomic mass is 35.5. The van der Waals surface area contributed by atoms with Gasteiger partial charge in [0, 0.05) is 5.54 Å². The van der Waals surface area contributed by atoms with Gasteiger partial charge in [-0.05, 0) is 67.4 Å². The lowest BCUT2D eigenvalue weighted by molar-refractivity contribution is 0.156. The predicted octanol–water partition coefficient (Wildman–Crippen LogP) is 4.69. The van der Waals surface area contributed by atoms with E-state index in [9.17, 15) is 0 Å². The van der Waals surface area contributed by atoms with Crippen molar-refractivity contribution in [2.75, 3.05) is 0 Å².